The molecule has 1 aromatic rings. The second kappa shape index (κ2) is 5.74. The Bertz CT molecular complexity index is 424. The van der Waals surface area contributed by atoms with Crippen LogP contribution in [-0.2, 0) is 10.3 Å². The van der Waals surface area contributed by atoms with E-state index < -0.39 is 0 Å². The predicted octanol–water partition coefficient (Wildman–Crippen LogP) is 3.85. The van der Waals surface area contributed by atoms with Gasteiger partial charge in [0.1, 0.15) is 5.01 Å². The fraction of sp³-hybridized carbons (Fsp3) is 0.812. The number of nitrogens with one attached hydrogen (secondary N) is 1. The van der Waals surface area contributed by atoms with E-state index in [2.05, 4.69) is 24.1 Å². The molecule has 0 radical (unpaired) electrons. The molecule has 0 bridgehead atoms. The third kappa shape index (κ3) is 3.07. The summed E-state index contributed by atoms with van der Waals surface area (Å²) in [6.07, 6.45) is 11.4. The number of ether oxygens (including phenoxy) is 1. The smallest absolute Gasteiger partial charge is 0.112 e. The van der Waals surface area contributed by atoms with Crippen LogP contribution in [0.25, 0.3) is 0 Å². The van der Waals surface area contributed by atoms with Gasteiger partial charge in [-0.05, 0) is 39.5 Å². The summed E-state index contributed by atoms with van der Waals surface area (Å²) in [6.45, 7) is 5.35. The maximum absolute atomic E-state index is 6.42. The van der Waals surface area contributed by atoms with Crippen LogP contribution in [-0.4, -0.2) is 23.2 Å². The highest BCUT2D eigenvalue weighted by molar-refractivity contribution is 7.09. The third-order valence-electron chi connectivity index (χ3n) is 4.84. The van der Waals surface area contributed by atoms with E-state index in [-0.39, 0.29) is 11.1 Å². The molecule has 1 aliphatic carbocycles. The third-order valence-corrected chi connectivity index (χ3v) is 5.94. The molecule has 4 heteroatoms. The molecule has 1 saturated heterocycles. The number of thiazole rings is 1. The SMILES string of the molecule is CC(C)(NCC1CCC2(CCCCC2)O1)c1nccs1. The highest BCUT2D eigenvalue weighted by atomic mass is 32.1. The first kappa shape index (κ1) is 14.5. The molecule has 112 valence electrons. The lowest BCUT2D eigenvalue weighted by Gasteiger charge is -2.34. The number of nitrogens with zero attached hydrogens (tertiary/aromatic N) is 1. The molecule has 2 heterocycles. The molecule has 2 fully saturated rings. The Morgan fingerprint density at radius 3 is 2.85 bits per heavy atom. The fourth-order valence-corrected chi connectivity index (χ4v) is 4.32. The summed E-state index contributed by atoms with van der Waals surface area (Å²) in [7, 11) is 0. The molecule has 1 N–H and O–H groups in total. The molecule has 20 heavy (non-hydrogen) atoms. The van der Waals surface area contributed by atoms with Crippen molar-refractivity contribution in [2.24, 2.45) is 0 Å². The Hall–Kier alpha value is -0.450. The lowest BCUT2D eigenvalue weighted by Crippen LogP contribution is -2.42. The van der Waals surface area contributed by atoms with Crippen molar-refractivity contribution < 1.29 is 4.74 Å². The molecular weight excluding hydrogens is 268 g/mol. The van der Waals surface area contributed by atoms with Crippen molar-refractivity contribution in [2.45, 2.75) is 76.0 Å². The molecule has 0 aromatic carbocycles. The van der Waals surface area contributed by atoms with E-state index in [9.17, 15) is 0 Å². The normalized spacial score (nSPS) is 26.2. The second-order valence-corrected chi connectivity index (χ2v) is 7.76. The highest BCUT2D eigenvalue weighted by Crippen LogP contribution is 2.41. The molecule has 3 rings (SSSR count). The van der Waals surface area contributed by atoms with E-state index >= 15 is 0 Å². The molecule has 1 spiro atoms. The quantitative estimate of drug-likeness (QED) is 0.916. The molecule has 2 aliphatic rings. The minimum Gasteiger partial charge on any atom is -0.370 e. The number of hydrogen-bond donors (Lipinski definition) is 1. The maximum atomic E-state index is 6.42. The van der Waals surface area contributed by atoms with Crippen LogP contribution in [0.5, 0.6) is 0 Å². The van der Waals surface area contributed by atoms with Gasteiger partial charge in [-0.3, -0.25) is 0 Å². The molecule has 1 aliphatic heterocycles. The molecule has 1 saturated carbocycles. The molecular formula is C16H26N2OS. The topological polar surface area (TPSA) is 34.1 Å². The molecule has 1 atom stereocenters. The van der Waals surface area contributed by atoms with Gasteiger partial charge in [-0.1, -0.05) is 19.3 Å². The van der Waals surface area contributed by atoms with E-state index in [0.717, 1.165) is 11.6 Å². The van der Waals surface area contributed by atoms with Crippen LogP contribution in [0.4, 0.5) is 0 Å². The largest absolute Gasteiger partial charge is 0.370 e. The van der Waals surface area contributed by atoms with Crippen LogP contribution < -0.4 is 5.32 Å². The first-order valence-electron chi connectivity index (χ1n) is 7.93. The zero-order valence-electron chi connectivity index (χ0n) is 12.7. The van der Waals surface area contributed by atoms with Crippen molar-refractivity contribution in [1.82, 2.24) is 10.3 Å². The zero-order valence-corrected chi connectivity index (χ0v) is 13.5. The average Bonchev–Trinajstić information content (AvgIpc) is 3.08. The number of hydrogen-bond acceptors (Lipinski definition) is 4. The summed E-state index contributed by atoms with van der Waals surface area (Å²) in [6, 6.07) is 0. The number of rotatable bonds is 4. The summed E-state index contributed by atoms with van der Waals surface area (Å²) in [5.41, 5.74) is 0.176. The van der Waals surface area contributed by atoms with Gasteiger partial charge < -0.3 is 10.1 Å². The van der Waals surface area contributed by atoms with Gasteiger partial charge in [0.2, 0.25) is 0 Å². The lowest BCUT2D eigenvalue weighted by molar-refractivity contribution is -0.0638. The summed E-state index contributed by atoms with van der Waals surface area (Å²) in [4.78, 5) is 4.43. The maximum Gasteiger partial charge on any atom is 0.112 e. The monoisotopic (exact) mass is 294 g/mol. The van der Waals surface area contributed by atoms with Gasteiger partial charge in [0.15, 0.2) is 0 Å². The van der Waals surface area contributed by atoms with Crippen LogP contribution in [0.3, 0.4) is 0 Å². The van der Waals surface area contributed by atoms with Crippen LogP contribution in [0.1, 0.15) is 63.8 Å². The van der Waals surface area contributed by atoms with E-state index in [1.807, 2.05) is 11.6 Å². The van der Waals surface area contributed by atoms with E-state index in [1.165, 1.54) is 44.9 Å². The Morgan fingerprint density at radius 1 is 1.35 bits per heavy atom. The van der Waals surface area contributed by atoms with Crippen molar-refractivity contribution in [1.29, 1.82) is 0 Å². The Labute approximate surface area is 126 Å². The molecule has 1 aromatic heterocycles. The first-order valence-corrected chi connectivity index (χ1v) is 8.81. The van der Waals surface area contributed by atoms with Gasteiger partial charge in [0.25, 0.3) is 0 Å². The summed E-state index contributed by atoms with van der Waals surface area (Å²) >= 11 is 1.72. The van der Waals surface area contributed by atoms with E-state index in [1.54, 1.807) is 11.3 Å². The van der Waals surface area contributed by atoms with Crippen LogP contribution in [0.2, 0.25) is 0 Å². The van der Waals surface area contributed by atoms with E-state index in [4.69, 9.17) is 4.74 Å². The van der Waals surface area contributed by atoms with Crippen molar-refractivity contribution >= 4 is 11.3 Å². The van der Waals surface area contributed by atoms with Crippen molar-refractivity contribution in [3.63, 3.8) is 0 Å². The van der Waals surface area contributed by atoms with Gasteiger partial charge >= 0.3 is 0 Å². The Morgan fingerprint density at radius 2 is 2.15 bits per heavy atom. The molecule has 1 unspecified atom stereocenters. The van der Waals surface area contributed by atoms with Crippen molar-refractivity contribution in [3.8, 4) is 0 Å². The minimum absolute atomic E-state index is 0.0557. The standard InChI is InChI=1S/C16H26N2OS/c1-15(2,14-17-10-11-20-14)18-12-13-6-9-16(19-13)7-4-3-5-8-16/h10-11,13,18H,3-9,12H2,1-2H3. The van der Waals surface area contributed by atoms with Gasteiger partial charge in [-0.2, -0.15) is 0 Å². The zero-order chi connectivity index (χ0) is 14.1. The average molecular weight is 294 g/mol. The summed E-state index contributed by atoms with van der Waals surface area (Å²) < 4.78 is 6.42. The summed E-state index contributed by atoms with van der Waals surface area (Å²) in [5.74, 6) is 0. The van der Waals surface area contributed by atoms with Gasteiger partial charge in [0, 0.05) is 18.1 Å². The Balaban J connectivity index is 1.52. The van der Waals surface area contributed by atoms with Gasteiger partial charge in [0.05, 0.1) is 17.2 Å². The lowest BCUT2D eigenvalue weighted by atomic mass is 9.83. The van der Waals surface area contributed by atoms with Gasteiger partial charge in [-0.15, -0.1) is 11.3 Å². The van der Waals surface area contributed by atoms with E-state index in [0.29, 0.717) is 6.10 Å². The minimum atomic E-state index is -0.0557. The second-order valence-electron chi connectivity index (χ2n) is 6.87. The first-order chi connectivity index (χ1) is 9.60. The van der Waals surface area contributed by atoms with Crippen molar-refractivity contribution in [3.05, 3.63) is 16.6 Å². The van der Waals surface area contributed by atoms with Gasteiger partial charge in [-0.25, -0.2) is 4.98 Å². The van der Waals surface area contributed by atoms with Crippen LogP contribution in [0.15, 0.2) is 11.6 Å². The summed E-state index contributed by atoms with van der Waals surface area (Å²) in [5, 5.41) is 6.85. The highest BCUT2D eigenvalue weighted by Gasteiger charge is 2.41. The molecule has 3 nitrogen and oxygen atoms in total. The van der Waals surface area contributed by atoms with Crippen LogP contribution in [0, 0.1) is 0 Å². The van der Waals surface area contributed by atoms with Crippen LogP contribution >= 0.6 is 11.3 Å². The van der Waals surface area contributed by atoms with Crippen molar-refractivity contribution in [2.75, 3.05) is 6.54 Å². The number of aromatic nitrogens is 1. The fourth-order valence-electron chi connectivity index (χ4n) is 3.58. The Kier molecular flexibility index (Phi) is 4.16. The molecule has 0 amide bonds. The predicted molar refractivity (Wildman–Crippen MR) is 83.1 cm³/mol.